The van der Waals surface area contributed by atoms with Gasteiger partial charge in [-0.2, -0.15) is 0 Å². The number of hydrogen-bond acceptors (Lipinski definition) is 5. The molecule has 0 aromatic rings. The molecule has 0 saturated carbocycles. The standard InChI is InChI=1S/C6H15N.K.Mn.4O/c1-4-7(5-2)6-3;;;;;;/h4-6H2,1-3H3;;;;;;/q;+1;;;;;-1. The fourth-order valence-corrected chi connectivity index (χ4v) is 0.671. The van der Waals surface area contributed by atoms with E-state index in [4.69, 9.17) is 15.7 Å². The summed E-state index contributed by atoms with van der Waals surface area (Å²) in [5.41, 5.74) is 0. The summed E-state index contributed by atoms with van der Waals surface area (Å²) >= 11 is -5.62. The zero-order valence-corrected chi connectivity index (χ0v) is 12.9. The molecule has 76 valence electrons. The van der Waals surface area contributed by atoms with Crippen LogP contribution in [-0.4, -0.2) is 24.5 Å². The summed E-state index contributed by atoms with van der Waals surface area (Å²) in [6.45, 7) is 10.1. The summed E-state index contributed by atoms with van der Waals surface area (Å²) in [6, 6.07) is 0. The summed E-state index contributed by atoms with van der Waals surface area (Å²) < 4.78 is 34.3. The molecule has 0 rings (SSSR count). The molecule has 7 heteroatoms. The Bertz CT molecular complexity index is 209. The fourth-order valence-electron chi connectivity index (χ4n) is 0.671. The normalized spacial score (nSPS) is 9.92. The third kappa shape index (κ3) is 31.8. The van der Waals surface area contributed by atoms with Crippen LogP contribution >= 0.6 is 0 Å². The minimum absolute atomic E-state index is 0. The summed E-state index contributed by atoms with van der Waals surface area (Å²) in [7, 11) is 0. The Kier molecular flexibility index (Phi) is 17.7. The Balaban J connectivity index is -0.000000150. The van der Waals surface area contributed by atoms with Crippen molar-refractivity contribution in [3.63, 3.8) is 0 Å². The van der Waals surface area contributed by atoms with E-state index in [0.29, 0.717) is 0 Å². The molecule has 0 aromatic carbocycles. The summed E-state index contributed by atoms with van der Waals surface area (Å²) in [5.74, 6) is 0. The van der Waals surface area contributed by atoms with Crippen LogP contribution in [0.15, 0.2) is 0 Å². The van der Waals surface area contributed by atoms with E-state index < -0.39 is 13.0 Å². The molecule has 0 amide bonds. The second-order valence-electron chi connectivity index (χ2n) is 2.00. The molecule has 0 aliphatic carbocycles. The summed E-state index contributed by atoms with van der Waals surface area (Å²) in [6.07, 6.45) is 0. The maximum absolute atomic E-state index is 8.58. The number of hydrogen-bond donors (Lipinski definition) is 0. The molecular formula is C6H15KMnNO4. The number of nitrogens with zero attached hydrogens (tertiary/aromatic N) is 1. The van der Waals surface area contributed by atoms with Gasteiger partial charge in [0, 0.05) is 0 Å². The van der Waals surface area contributed by atoms with Gasteiger partial charge in [0.1, 0.15) is 0 Å². The van der Waals surface area contributed by atoms with Crippen LogP contribution in [0.2, 0.25) is 0 Å². The van der Waals surface area contributed by atoms with Crippen LogP contribution in [0.25, 0.3) is 0 Å². The second-order valence-corrected chi connectivity index (χ2v) is 3.18. The van der Waals surface area contributed by atoms with Gasteiger partial charge >= 0.3 is 80.0 Å². The van der Waals surface area contributed by atoms with Gasteiger partial charge in [-0.1, -0.05) is 20.8 Å². The predicted molar refractivity (Wildman–Crippen MR) is 35.5 cm³/mol. The Morgan fingerprint density at radius 3 is 1.15 bits per heavy atom. The molecule has 0 aliphatic rings. The van der Waals surface area contributed by atoms with Crippen LogP contribution in [0.5, 0.6) is 0 Å². The molecule has 0 heterocycles. The fraction of sp³-hybridized carbons (Fsp3) is 1.00. The van der Waals surface area contributed by atoms with Crippen molar-refractivity contribution in [3.8, 4) is 0 Å². The third-order valence-electron chi connectivity index (χ3n) is 1.34. The first-order valence-corrected chi connectivity index (χ1v) is 5.61. The van der Waals surface area contributed by atoms with Crippen LogP contribution < -0.4 is 55.6 Å². The van der Waals surface area contributed by atoms with Crippen LogP contribution in [0, 0.1) is 0 Å². The Hall–Kier alpha value is 1.48. The Labute approximate surface area is 123 Å². The van der Waals surface area contributed by atoms with Crippen molar-refractivity contribution in [2.24, 2.45) is 0 Å². The zero-order chi connectivity index (χ0) is 10.2. The van der Waals surface area contributed by atoms with E-state index in [2.05, 4.69) is 25.7 Å². The van der Waals surface area contributed by atoms with Crippen molar-refractivity contribution in [2.75, 3.05) is 19.6 Å². The average Bonchev–Trinajstić information content (AvgIpc) is 1.88. The van der Waals surface area contributed by atoms with Crippen molar-refractivity contribution in [3.05, 3.63) is 0 Å². The van der Waals surface area contributed by atoms with E-state index in [1.165, 1.54) is 19.6 Å². The van der Waals surface area contributed by atoms with Gasteiger partial charge in [0.2, 0.25) is 0 Å². The molecule has 5 nitrogen and oxygen atoms in total. The predicted octanol–water partition coefficient (Wildman–Crippen LogP) is -3.20. The topological polar surface area (TPSA) is 77.5 Å². The molecule has 0 radical (unpaired) electrons. The van der Waals surface area contributed by atoms with Gasteiger partial charge in [-0.05, 0) is 19.6 Å². The van der Waals surface area contributed by atoms with E-state index in [1.807, 2.05) is 0 Å². The van der Waals surface area contributed by atoms with Crippen molar-refractivity contribution >= 4 is 0 Å². The monoisotopic (exact) mass is 259 g/mol. The molecule has 0 bridgehead atoms. The van der Waals surface area contributed by atoms with Gasteiger partial charge in [-0.25, -0.2) is 0 Å². The van der Waals surface area contributed by atoms with Gasteiger partial charge in [0.25, 0.3) is 0 Å². The first-order valence-electron chi connectivity index (χ1n) is 3.69. The molecule has 0 unspecified atom stereocenters. The van der Waals surface area contributed by atoms with E-state index in [-0.39, 0.29) is 51.4 Å². The van der Waals surface area contributed by atoms with Crippen molar-refractivity contribution in [1.29, 1.82) is 0 Å². The first-order chi connectivity index (χ1) is 5.35. The van der Waals surface area contributed by atoms with E-state index in [0.717, 1.165) is 0 Å². The molecule has 13 heavy (non-hydrogen) atoms. The van der Waals surface area contributed by atoms with Crippen LogP contribution in [0.4, 0.5) is 0 Å². The molecule has 0 fully saturated rings. The van der Waals surface area contributed by atoms with Crippen molar-refractivity contribution in [1.82, 2.24) is 4.90 Å². The zero-order valence-electron chi connectivity index (χ0n) is 8.58. The van der Waals surface area contributed by atoms with E-state index >= 15 is 0 Å². The maximum atomic E-state index is 8.58. The third-order valence-corrected chi connectivity index (χ3v) is 1.34. The Morgan fingerprint density at radius 2 is 1.15 bits per heavy atom. The molecule has 0 saturated heterocycles. The van der Waals surface area contributed by atoms with Crippen molar-refractivity contribution in [2.45, 2.75) is 20.8 Å². The molecule has 0 aliphatic heterocycles. The summed E-state index contributed by atoms with van der Waals surface area (Å²) in [4.78, 5) is 2.38. The quantitative estimate of drug-likeness (QED) is 0.499. The van der Waals surface area contributed by atoms with Gasteiger partial charge in [0.15, 0.2) is 0 Å². The number of rotatable bonds is 3. The molecule has 0 atom stereocenters. The molecular weight excluding hydrogens is 244 g/mol. The molecule has 0 aromatic heterocycles. The van der Waals surface area contributed by atoms with Gasteiger partial charge in [-0.15, -0.1) is 0 Å². The van der Waals surface area contributed by atoms with Gasteiger partial charge in [0.05, 0.1) is 0 Å². The summed E-state index contributed by atoms with van der Waals surface area (Å²) in [5, 5.41) is 0. The Morgan fingerprint density at radius 1 is 1.00 bits per heavy atom. The van der Waals surface area contributed by atoms with Crippen LogP contribution in [-0.2, 0) is 24.5 Å². The minimum atomic E-state index is -5.62. The van der Waals surface area contributed by atoms with Crippen LogP contribution in [0.1, 0.15) is 20.8 Å². The van der Waals surface area contributed by atoms with Crippen LogP contribution in [0.3, 0.4) is 0 Å². The van der Waals surface area contributed by atoms with Crippen molar-refractivity contribution < 1.29 is 80.0 Å². The van der Waals surface area contributed by atoms with E-state index in [9.17, 15) is 0 Å². The SMILES string of the molecule is CCN(CC)CC.[K+].[O]=[Mn](=[O])(=[O])[O-]. The van der Waals surface area contributed by atoms with Gasteiger partial charge in [-0.3, -0.25) is 0 Å². The van der Waals surface area contributed by atoms with E-state index in [1.54, 1.807) is 0 Å². The van der Waals surface area contributed by atoms with Gasteiger partial charge < -0.3 is 4.90 Å². The average molecular weight is 259 g/mol. The molecule has 0 N–H and O–H groups in total. The second kappa shape index (κ2) is 11.6. The molecule has 0 spiro atoms. The first kappa shape index (κ1) is 20.0.